The first-order valence-corrected chi connectivity index (χ1v) is 2.71. The number of hydrogen-bond acceptors (Lipinski definition) is 2. The maximum Gasteiger partial charge on any atom is 0.0805 e. The van der Waals surface area contributed by atoms with Crippen molar-refractivity contribution in [1.29, 1.82) is 0 Å². The van der Waals surface area contributed by atoms with Crippen LogP contribution in [0.15, 0.2) is 12.2 Å². The fourth-order valence-corrected chi connectivity index (χ4v) is 0.368. The first kappa shape index (κ1) is 7.66. The van der Waals surface area contributed by atoms with Crippen LogP contribution in [-0.2, 0) is 0 Å². The lowest BCUT2D eigenvalue weighted by molar-refractivity contribution is 0.0976. The highest BCUT2D eigenvalue weighted by Gasteiger charge is 1.94. The second-order valence-corrected chi connectivity index (χ2v) is 1.64. The number of allylic oxidation sites excluding steroid dienone is 1. The molecule has 0 fully saturated rings. The lowest BCUT2D eigenvalue weighted by Crippen LogP contribution is -2.09. The summed E-state index contributed by atoms with van der Waals surface area (Å²) in [7, 11) is 0. The van der Waals surface area contributed by atoms with Gasteiger partial charge < -0.3 is 10.2 Å². The van der Waals surface area contributed by atoms with Crippen molar-refractivity contribution in [2.75, 3.05) is 6.61 Å². The Morgan fingerprint density at radius 3 is 2.62 bits per heavy atom. The Hall–Kier alpha value is -0.340. The van der Waals surface area contributed by atoms with E-state index in [-0.39, 0.29) is 6.61 Å². The van der Waals surface area contributed by atoms with Crippen molar-refractivity contribution in [2.45, 2.75) is 19.4 Å². The monoisotopic (exact) mass is 116 g/mol. The molecule has 0 spiro atoms. The standard InChI is InChI=1S/C6H12O2/c1-2-3-4-6(8)5-7/h2-3,6-8H,4-5H2,1H3/b3-2+/t6-/m0/s1. The van der Waals surface area contributed by atoms with Crippen LogP contribution in [0.5, 0.6) is 0 Å². The summed E-state index contributed by atoms with van der Waals surface area (Å²) in [5.41, 5.74) is 0. The van der Waals surface area contributed by atoms with Crippen LogP contribution in [0, 0.1) is 0 Å². The Morgan fingerprint density at radius 2 is 2.25 bits per heavy atom. The second kappa shape index (κ2) is 4.81. The number of aliphatic hydroxyl groups excluding tert-OH is 2. The zero-order chi connectivity index (χ0) is 6.41. The molecule has 2 N–H and O–H groups in total. The SMILES string of the molecule is C/C=C/C[C@H](O)CO. The Kier molecular flexibility index (Phi) is 4.61. The predicted octanol–water partition coefficient (Wildman–Crippen LogP) is 0.306. The minimum absolute atomic E-state index is 0.148. The van der Waals surface area contributed by atoms with Crippen LogP contribution in [0.1, 0.15) is 13.3 Å². The van der Waals surface area contributed by atoms with E-state index in [0.29, 0.717) is 6.42 Å². The zero-order valence-corrected chi connectivity index (χ0v) is 5.04. The van der Waals surface area contributed by atoms with Crippen LogP contribution >= 0.6 is 0 Å². The molecular weight excluding hydrogens is 104 g/mol. The van der Waals surface area contributed by atoms with Crippen molar-refractivity contribution >= 4 is 0 Å². The lowest BCUT2D eigenvalue weighted by atomic mass is 10.2. The summed E-state index contributed by atoms with van der Waals surface area (Å²) in [5.74, 6) is 0. The minimum atomic E-state index is -0.578. The van der Waals surface area contributed by atoms with Gasteiger partial charge in [0, 0.05) is 0 Å². The van der Waals surface area contributed by atoms with E-state index in [2.05, 4.69) is 0 Å². The lowest BCUT2D eigenvalue weighted by Gasteiger charge is -1.99. The molecule has 0 unspecified atom stereocenters. The summed E-state index contributed by atoms with van der Waals surface area (Å²) in [6.45, 7) is 1.73. The van der Waals surface area contributed by atoms with Gasteiger partial charge in [-0.25, -0.2) is 0 Å². The first-order valence-electron chi connectivity index (χ1n) is 2.71. The maximum atomic E-state index is 8.69. The third-order valence-corrected chi connectivity index (χ3v) is 0.855. The predicted molar refractivity (Wildman–Crippen MR) is 32.5 cm³/mol. The third-order valence-electron chi connectivity index (χ3n) is 0.855. The van der Waals surface area contributed by atoms with Crippen molar-refractivity contribution in [3.8, 4) is 0 Å². The van der Waals surface area contributed by atoms with Gasteiger partial charge in [-0.05, 0) is 13.3 Å². The van der Waals surface area contributed by atoms with Gasteiger partial charge in [-0.1, -0.05) is 12.2 Å². The molecule has 0 saturated carbocycles. The normalized spacial score (nSPS) is 14.9. The van der Waals surface area contributed by atoms with Crippen LogP contribution in [-0.4, -0.2) is 22.9 Å². The Bertz CT molecular complexity index is 68.9. The number of aliphatic hydroxyl groups is 2. The van der Waals surface area contributed by atoms with Crippen molar-refractivity contribution in [3.63, 3.8) is 0 Å². The molecule has 0 rings (SSSR count). The van der Waals surface area contributed by atoms with Gasteiger partial charge in [0.15, 0.2) is 0 Å². The van der Waals surface area contributed by atoms with Crippen LogP contribution < -0.4 is 0 Å². The molecule has 0 amide bonds. The van der Waals surface area contributed by atoms with Crippen molar-refractivity contribution < 1.29 is 10.2 Å². The molecule has 2 heteroatoms. The summed E-state index contributed by atoms with van der Waals surface area (Å²) in [5, 5.41) is 17.0. The molecule has 0 radical (unpaired) electrons. The number of hydrogen-bond donors (Lipinski definition) is 2. The topological polar surface area (TPSA) is 40.5 Å². The maximum absolute atomic E-state index is 8.69. The summed E-state index contributed by atoms with van der Waals surface area (Å²) in [6, 6.07) is 0. The fourth-order valence-electron chi connectivity index (χ4n) is 0.368. The van der Waals surface area contributed by atoms with Gasteiger partial charge in [0.1, 0.15) is 0 Å². The zero-order valence-electron chi connectivity index (χ0n) is 5.04. The smallest absolute Gasteiger partial charge is 0.0805 e. The van der Waals surface area contributed by atoms with E-state index in [9.17, 15) is 0 Å². The molecule has 0 aliphatic carbocycles. The second-order valence-electron chi connectivity index (χ2n) is 1.64. The Morgan fingerprint density at radius 1 is 1.62 bits per heavy atom. The molecule has 1 atom stereocenters. The van der Waals surface area contributed by atoms with Crippen LogP contribution in [0.3, 0.4) is 0 Å². The average Bonchev–Trinajstić information content (AvgIpc) is 1.83. The van der Waals surface area contributed by atoms with Gasteiger partial charge in [0.2, 0.25) is 0 Å². The summed E-state index contributed by atoms with van der Waals surface area (Å²) in [6.07, 6.45) is 3.64. The van der Waals surface area contributed by atoms with E-state index in [4.69, 9.17) is 10.2 Å². The number of rotatable bonds is 3. The molecule has 2 nitrogen and oxygen atoms in total. The highest BCUT2D eigenvalue weighted by atomic mass is 16.3. The molecule has 0 aromatic carbocycles. The highest BCUT2D eigenvalue weighted by Crippen LogP contribution is 1.89. The van der Waals surface area contributed by atoms with Crippen LogP contribution in [0.2, 0.25) is 0 Å². The quantitative estimate of drug-likeness (QED) is 0.521. The van der Waals surface area contributed by atoms with Crippen LogP contribution in [0.25, 0.3) is 0 Å². The molecule has 0 aromatic heterocycles. The summed E-state index contributed by atoms with van der Waals surface area (Å²) in [4.78, 5) is 0. The van der Waals surface area contributed by atoms with Gasteiger partial charge in [-0.3, -0.25) is 0 Å². The van der Waals surface area contributed by atoms with Gasteiger partial charge in [-0.2, -0.15) is 0 Å². The molecule has 0 aromatic rings. The molecule has 0 saturated heterocycles. The molecular formula is C6H12O2. The van der Waals surface area contributed by atoms with E-state index in [0.717, 1.165) is 0 Å². The summed E-state index contributed by atoms with van der Waals surface area (Å²) < 4.78 is 0. The molecule has 48 valence electrons. The third kappa shape index (κ3) is 3.84. The first-order chi connectivity index (χ1) is 3.81. The molecule has 0 aliphatic rings. The fraction of sp³-hybridized carbons (Fsp3) is 0.667. The van der Waals surface area contributed by atoms with Gasteiger partial charge in [0.25, 0.3) is 0 Å². The van der Waals surface area contributed by atoms with Crippen molar-refractivity contribution in [3.05, 3.63) is 12.2 Å². The molecule has 0 bridgehead atoms. The minimum Gasteiger partial charge on any atom is -0.394 e. The Labute approximate surface area is 49.5 Å². The molecule has 0 heterocycles. The van der Waals surface area contributed by atoms with Crippen molar-refractivity contribution in [2.24, 2.45) is 0 Å². The van der Waals surface area contributed by atoms with Gasteiger partial charge in [0.05, 0.1) is 12.7 Å². The van der Waals surface area contributed by atoms with Crippen molar-refractivity contribution in [1.82, 2.24) is 0 Å². The van der Waals surface area contributed by atoms with E-state index < -0.39 is 6.10 Å². The average molecular weight is 116 g/mol. The largest absolute Gasteiger partial charge is 0.394 e. The van der Waals surface area contributed by atoms with Gasteiger partial charge >= 0.3 is 0 Å². The van der Waals surface area contributed by atoms with E-state index in [1.807, 2.05) is 19.1 Å². The van der Waals surface area contributed by atoms with E-state index >= 15 is 0 Å². The molecule has 8 heavy (non-hydrogen) atoms. The summed E-state index contributed by atoms with van der Waals surface area (Å²) >= 11 is 0. The van der Waals surface area contributed by atoms with Gasteiger partial charge in [-0.15, -0.1) is 0 Å². The van der Waals surface area contributed by atoms with Crippen LogP contribution in [0.4, 0.5) is 0 Å². The highest BCUT2D eigenvalue weighted by molar-refractivity contribution is 4.79. The molecule has 0 aliphatic heterocycles. The van der Waals surface area contributed by atoms with E-state index in [1.54, 1.807) is 0 Å². The van der Waals surface area contributed by atoms with E-state index in [1.165, 1.54) is 0 Å². The Balaban J connectivity index is 3.10.